The third kappa shape index (κ3) is 4.90. The number of piperidine rings is 1. The summed E-state index contributed by atoms with van der Waals surface area (Å²) in [6, 6.07) is 4.00. The van der Waals surface area contributed by atoms with Crippen molar-refractivity contribution in [1.82, 2.24) is 4.90 Å². The lowest BCUT2D eigenvalue weighted by Crippen LogP contribution is -2.35. The van der Waals surface area contributed by atoms with Crippen molar-refractivity contribution >= 4 is 12.4 Å². The molecular weight excluding hydrogens is 316 g/mol. The van der Waals surface area contributed by atoms with Gasteiger partial charge in [0.05, 0.1) is 21.3 Å². The lowest BCUT2D eigenvalue weighted by molar-refractivity contribution is 0.161. The van der Waals surface area contributed by atoms with Gasteiger partial charge in [0.2, 0.25) is 5.75 Å². The van der Waals surface area contributed by atoms with Gasteiger partial charge in [-0.2, -0.15) is 0 Å². The van der Waals surface area contributed by atoms with Crippen LogP contribution in [0.2, 0.25) is 0 Å². The van der Waals surface area contributed by atoms with Crippen molar-refractivity contribution in [2.24, 2.45) is 11.7 Å². The van der Waals surface area contributed by atoms with Crippen molar-refractivity contribution in [3.63, 3.8) is 0 Å². The van der Waals surface area contributed by atoms with Crippen LogP contribution in [-0.4, -0.2) is 45.9 Å². The Bertz CT molecular complexity index is 483. The molecule has 0 amide bonds. The van der Waals surface area contributed by atoms with Crippen LogP contribution in [0.1, 0.15) is 24.8 Å². The second-order valence-electron chi connectivity index (χ2n) is 5.81. The maximum Gasteiger partial charge on any atom is 0.203 e. The molecule has 2 N–H and O–H groups in total. The van der Waals surface area contributed by atoms with E-state index in [2.05, 4.69) is 11.0 Å². The zero-order valence-electron chi connectivity index (χ0n) is 14.3. The highest BCUT2D eigenvalue weighted by Crippen LogP contribution is 2.40. The first-order valence-corrected chi connectivity index (χ1v) is 7.93. The van der Waals surface area contributed by atoms with E-state index in [4.69, 9.17) is 19.9 Å². The summed E-state index contributed by atoms with van der Waals surface area (Å²) in [5.74, 6) is 2.84. The zero-order chi connectivity index (χ0) is 15.9. The number of hydrogen-bond donors (Lipinski definition) is 1. The van der Waals surface area contributed by atoms with Crippen LogP contribution in [0.3, 0.4) is 0 Å². The number of halogens is 1. The van der Waals surface area contributed by atoms with E-state index in [0.717, 1.165) is 43.9 Å². The van der Waals surface area contributed by atoms with Gasteiger partial charge in [0.15, 0.2) is 11.5 Å². The first-order chi connectivity index (χ1) is 10.7. The van der Waals surface area contributed by atoms with E-state index in [9.17, 15) is 0 Å². The molecule has 0 radical (unpaired) electrons. The Kier molecular flexibility index (Phi) is 8.52. The Hall–Kier alpha value is -1.17. The van der Waals surface area contributed by atoms with Crippen LogP contribution < -0.4 is 19.9 Å². The number of methoxy groups -OCH3 is 3. The smallest absolute Gasteiger partial charge is 0.203 e. The van der Waals surface area contributed by atoms with E-state index >= 15 is 0 Å². The quantitative estimate of drug-likeness (QED) is 0.824. The molecule has 1 heterocycles. The molecule has 2 rings (SSSR count). The lowest BCUT2D eigenvalue weighted by atomic mass is 9.94. The Morgan fingerprint density at radius 3 is 2.48 bits per heavy atom. The van der Waals surface area contributed by atoms with Gasteiger partial charge < -0.3 is 19.9 Å². The summed E-state index contributed by atoms with van der Waals surface area (Å²) < 4.78 is 16.4. The number of nitrogens with two attached hydrogens (primary N) is 1. The average molecular weight is 345 g/mol. The van der Waals surface area contributed by atoms with Crippen molar-refractivity contribution in [1.29, 1.82) is 0 Å². The first-order valence-electron chi connectivity index (χ1n) is 7.93. The van der Waals surface area contributed by atoms with Crippen LogP contribution in [0, 0.1) is 5.92 Å². The molecule has 1 aromatic rings. The summed E-state index contributed by atoms with van der Waals surface area (Å²) in [4.78, 5) is 2.48. The highest BCUT2D eigenvalue weighted by atomic mass is 35.5. The van der Waals surface area contributed by atoms with Gasteiger partial charge in [0, 0.05) is 18.7 Å². The van der Waals surface area contributed by atoms with Crippen molar-refractivity contribution < 1.29 is 14.2 Å². The van der Waals surface area contributed by atoms with Crippen molar-refractivity contribution in [2.75, 3.05) is 41.0 Å². The fourth-order valence-electron chi connectivity index (χ4n) is 3.29. The van der Waals surface area contributed by atoms with Gasteiger partial charge in [-0.25, -0.2) is 0 Å². The molecule has 1 aliphatic rings. The van der Waals surface area contributed by atoms with E-state index in [1.807, 2.05) is 6.07 Å². The lowest BCUT2D eigenvalue weighted by Gasteiger charge is -2.33. The van der Waals surface area contributed by atoms with Gasteiger partial charge in [-0.15, -0.1) is 12.4 Å². The molecule has 1 aliphatic heterocycles. The minimum atomic E-state index is 0. The molecule has 132 valence electrons. The topological polar surface area (TPSA) is 57.0 Å². The average Bonchev–Trinajstić information content (AvgIpc) is 2.55. The monoisotopic (exact) mass is 344 g/mol. The fourth-order valence-corrected chi connectivity index (χ4v) is 3.29. The van der Waals surface area contributed by atoms with Crippen LogP contribution in [0.5, 0.6) is 17.2 Å². The van der Waals surface area contributed by atoms with Crippen molar-refractivity contribution in [3.05, 3.63) is 17.7 Å². The third-order valence-electron chi connectivity index (χ3n) is 4.36. The van der Waals surface area contributed by atoms with Crippen molar-refractivity contribution in [3.8, 4) is 17.2 Å². The maximum absolute atomic E-state index is 5.70. The summed E-state index contributed by atoms with van der Waals surface area (Å²) in [7, 11) is 4.95. The number of hydrogen-bond acceptors (Lipinski definition) is 5. The van der Waals surface area contributed by atoms with Crippen LogP contribution in [0.4, 0.5) is 0 Å². The van der Waals surface area contributed by atoms with Gasteiger partial charge in [-0.3, -0.25) is 4.90 Å². The van der Waals surface area contributed by atoms with E-state index in [0.29, 0.717) is 17.4 Å². The van der Waals surface area contributed by atoms with E-state index in [-0.39, 0.29) is 12.4 Å². The van der Waals surface area contributed by atoms with Crippen LogP contribution in [0.15, 0.2) is 12.1 Å². The highest BCUT2D eigenvalue weighted by Gasteiger charge is 2.22. The third-order valence-corrected chi connectivity index (χ3v) is 4.36. The first kappa shape index (κ1) is 19.9. The molecule has 1 atom stereocenters. The molecule has 0 bridgehead atoms. The Balaban J connectivity index is 0.00000264. The van der Waals surface area contributed by atoms with Crippen LogP contribution in [-0.2, 0) is 6.54 Å². The number of ether oxygens (including phenoxy) is 3. The number of rotatable bonds is 7. The molecule has 6 heteroatoms. The van der Waals surface area contributed by atoms with E-state index in [1.54, 1.807) is 21.3 Å². The molecule has 0 saturated carbocycles. The minimum Gasteiger partial charge on any atom is -0.493 e. The maximum atomic E-state index is 5.70. The summed E-state index contributed by atoms with van der Waals surface area (Å²) in [6.45, 7) is 3.87. The summed E-state index contributed by atoms with van der Waals surface area (Å²) in [5, 5.41) is 0. The molecule has 0 aliphatic carbocycles. The SMILES string of the molecule is COc1ccc(CN2CCCC(CCN)C2)c(OC)c1OC.Cl. The molecule has 0 aromatic heterocycles. The largest absolute Gasteiger partial charge is 0.493 e. The number of likely N-dealkylation sites (tertiary alicyclic amines) is 1. The number of benzene rings is 1. The van der Waals surface area contributed by atoms with Gasteiger partial charge >= 0.3 is 0 Å². The predicted octanol–water partition coefficient (Wildman–Crippen LogP) is 2.70. The van der Waals surface area contributed by atoms with E-state index in [1.165, 1.54) is 12.8 Å². The summed E-state index contributed by atoms with van der Waals surface area (Å²) in [5.41, 5.74) is 6.84. The van der Waals surface area contributed by atoms with Gasteiger partial charge in [-0.1, -0.05) is 6.07 Å². The predicted molar refractivity (Wildman–Crippen MR) is 95.0 cm³/mol. The standard InChI is InChI=1S/C17H28N2O3.ClH/c1-20-15-7-6-14(16(21-2)17(15)22-3)12-19-10-4-5-13(11-19)8-9-18;/h6-7,13H,4-5,8-12,18H2,1-3H3;1H. The van der Waals surface area contributed by atoms with E-state index < -0.39 is 0 Å². The van der Waals surface area contributed by atoms with Gasteiger partial charge in [0.25, 0.3) is 0 Å². The Labute approximate surface area is 145 Å². The minimum absolute atomic E-state index is 0. The summed E-state index contributed by atoms with van der Waals surface area (Å²) in [6.07, 6.45) is 3.64. The van der Waals surface area contributed by atoms with Crippen LogP contribution >= 0.6 is 12.4 Å². The molecule has 1 saturated heterocycles. The molecular formula is C17H29ClN2O3. The normalized spacial score (nSPS) is 18.2. The highest BCUT2D eigenvalue weighted by molar-refractivity contribution is 5.85. The fraction of sp³-hybridized carbons (Fsp3) is 0.647. The van der Waals surface area contributed by atoms with Crippen LogP contribution in [0.25, 0.3) is 0 Å². The number of nitrogens with zero attached hydrogens (tertiary/aromatic N) is 1. The Morgan fingerprint density at radius 2 is 1.87 bits per heavy atom. The second kappa shape index (κ2) is 9.85. The molecule has 0 spiro atoms. The molecule has 23 heavy (non-hydrogen) atoms. The molecule has 5 nitrogen and oxygen atoms in total. The van der Waals surface area contributed by atoms with Gasteiger partial charge in [-0.05, 0) is 44.3 Å². The summed E-state index contributed by atoms with van der Waals surface area (Å²) >= 11 is 0. The molecule has 1 aromatic carbocycles. The molecule has 1 unspecified atom stereocenters. The Morgan fingerprint density at radius 1 is 1.13 bits per heavy atom. The second-order valence-corrected chi connectivity index (χ2v) is 5.81. The van der Waals surface area contributed by atoms with Crippen molar-refractivity contribution in [2.45, 2.75) is 25.8 Å². The zero-order valence-corrected chi connectivity index (χ0v) is 15.2. The molecule has 1 fully saturated rings. The van der Waals surface area contributed by atoms with Gasteiger partial charge in [0.1, 0.15) is 0 Å².